The summed E-state index contributed by atoms with van der Waals surface area (Å²) in [6.45, 7) is 0. The van der Waals surface area contributed by atoms with Crippen LogP contribution in [0.2, 0.25) is 0 Å². The zero-order valence-electron chi connectivity index (χ0n) is 11.5. The van der Waals surface area contributed by atoms with Gasteiger partial charge in [0.15, 0.2) is 0 Å². The van der Waals surface area contributed by atoms with Gasteiger partial charge in [-0.2, -0.15) is 0 Å². The van der Waals surface area contributed by atoms with Crippen LogP contribution in [-0.4, -0.2) is 11.2 Å². The van der Waals surface area contributed by atoms with Gasteiger partial charge in [0.25, 0.3) is 5.24 Å². The second-order valence-electron chi connectivity index (χ2n) is 4.72. The summed E-state index contributed by atoms with van der Waals surface area (Å²) < 4.78 is 5.35. The van der Waals surface area contributed by atoms with Crippen LogP contribution in [0.25, 0.3) is 10.8 Å². The van der Waals surface area contributed by atoms with Crippen molar-refractivity contribution in [1.82, 2.24) is 0 Å². The molecule has 0 atom stereocenters. The summed E-state index contributed by atoms with van der Waals surface area (Å²) >= 11 is 5.43. The lowest BCUT2D eigenvalue weighted by molar-refractivity contribution is 0.0736. The summed E-state index contributed by atoms with van der Waals surface area (Å²) in [5.74, 6) is -0.194. The largest absolute Gasteiger partial charge is 0.423 e. The van der Waals surface area contributed by atoms with Crippen LogP contribution in [0.3, 0.4) is 0 Å². The van der Waals surface area contributed by atoms with E-state index in [1.165, 1.54) is 6.07 Å². The minimum Gasteiger partial charge on any atom is -0.423 e. The number of carbonyl (C=O) groups excluding carboxylic acids is 2. The number of rotatable bonds is 3. The molecule has 3 nitrogen and oxygen atoms in total. The van der Waals surface area contributed by atoms with Crippen LogP contribution in [0, 0.1) is 0 Å². The summed E-state index contributed by atoms with van der Waals surface area (Å²) in [5, 5.41) is 1.18. The minimum absolute atomic E-state index is 0.282. The standard InChI is InChI=1S/C18H11ClO3/c19-17(20)13-7-3-8-14(11-13)22-18(21)16-10-4-6-12-5-1-2-9-15(12)16/h1-11H. The molecule has 0 fully saturated rings. The van der Waals surface area contributed by atoms with E-state index >= 15 is 0 Å². The monoisotopic (exact) mass is 310 g/mol. The summed E-state index contributed by atoms with van der Waals surface area (Å²) in [7, 11) is 0. The summed E-state index contributed by atoms with van der Waals surface area (Å²) in [5.41, 5.74) is 0.755. The van der Waals surface area contributed by atoms with E-state index in [4.69, 9.17) is 16.3 Å². The Kier molecular flexibility index (Phi) is 3.90. The van der Waals surface area contributed by atoms with Gasteiger partial charge in [0.2, 0.25) is 0 Å². The molecular weight excluding hydrogens is 300 g/mol. The third kappa shape index (κ3) is 2.85. The van der Waals surface area contributed by atoms with Crippen molar-refractivity contribution in [3.63, 3.8) is 0 Å². The number of halogens is 1. The van der Waals surface area contributed by atoms with Crippen molar-refractivity contribution in [1.29, 1.82) is 0 Å². The van der Waals surface area contributed by atoms with Crippen LogP contribution < -0.4 is 4.74 Å². The molecule has 3 rings (SSSR count). The maximum absolute atomic E-state index is 12.4. The number of esters is 1. The van der Waals surface area contributed by atoms with E-state index in [0.29, 0.717) is 5.56 Å². The fourth-order valence-corrected chi connectivity index (χ4v) is 2.36. The topological polar surface area (TPSA) is 43.4 Å². The number of hydrogen-bond acceptors (Lipinski definition) is 3. The Labute approximate surface area is 132 Å². The zero-order chi connectivity index (χ0) is 15.5. The highest BCUT2D eigenvalue weighted by atomic mass is 35.5. The van der Waals surface area contributed by atoms with Gasteiger partial charge in [-0.15, -0.1) is 0 Å². The minimum atomic E-state index is -0.594. The Morgan fingerprint density at radius 3 is 2.41 bits per heavy atom. The van der Waals surface area contributed by atoms with Crippen molar-refractivity contribution in [2.75, 3.05) is 0 Å². The molecule has 0 aliphatic rings. The lowest BCUT2D eigenvalue weighted by Crippen LogP contribution is -2.09. The summed E-state index contributed by atoms with van der Waals surface area (Å²) in [6, 6.07) is 19.2. The first-order valence-corrected chi connectivity index (χ1v) is 7.03. The molecule has 0 aromatic heterocycles. The molecule has 108 valence electrons. The zero-order valence-corrected chi connectivity index (χ0v) is 12.2. The van der Waals surface area contributed by atoms with Crippen LogP contribution >= 0.6 is 11.6 Å². The van der Waals surface area contributed by atoms with Gasteiger partial charge in [0.05, 0.1) is 5.56 Å². The Hall–Kier alpha value is -2.65. The normalized spacial score (nSPS) is 10.4. The van der Waals surface area contributed by atoms with Gasteiger partial charge in [-0.25, -0.2) is 4.79 Å². The summed E-state index contributed by atoms with van der Waals surface area (Å²) in [6.07, 6.45) is 0. The molecule has 0 aliphatic carbocycles. The van der Waals surface area contributed by atoms with E-state index in [0.717, 1.165) is 10.8 Å². The van der Waals surface area contributed by atoms with Gasteiger partial charge < -0.3 is 4.74 Å². The fourth-order valence-electron chi connectivity index (χ4n) is 2.25. The average Bonchev–Trinajstić information content (AvgIpc) is 2.54. The highest BCUT2D eigenvalue weighted by molar-refractivity contribution is 6.67. The quantitative estimate of drug-likeness (QED) is 0.408. The van der Waals surface area contributed by atoms with E-state index in [2.05, 4.69) is 0 Å². The Balaban J connectivity index is 1.94. The lowest BCUT2D eigenvalue weighted by Gasteiger charge is -2.07. The van der Waals surface area contributed by atoms with Crippen molar-refractivity contribution in [2.45, 2.75) is 0 Å². The maximum Gasteiger partial charge on any atom is 0.344 e. The molecule has 0 amide bonds. The Bertz CT molecular complexity index is 866. The molecule has 0 spiro atoms. The summed E-state index contributed by atoms with van der Waals surface area (Å²) in [4.78, 5) is 23.5. The third-order valence-corrected chi connectivity index (χ3v) is 3.50. The van der Waals surface area contributed by atoms with Gasteiger partial charge in [0, 0.05) is 5.56 Å². The van der Waals surface area contributed by atoms with Gasteiger partial charge >= 0.3 is 5.97 Å². The molecule has 0 saturated carbocycles. The predicted octanol–water partition coefficient (Wildman–Crippen LogP) is 4.44. The van der Waals surface area contributed by atoms with Crippen LogP contribution in [0.4, 0.5) is 0 Å². The van der Waals surface area contributed by atoms with Crippen LogP contribution in [0.1, 0.15) is 20.7 Å². The van der Waals surface area contributed by atoms with Gasteiger partial charge in [-0.3, -0.25) is 4.79 Å². The molecule has 22 heavy (non-hydrogen) atoms. The molecule has 0 aliphatic heterocycles. The fraction of sp³-hybridized carbons (Fsp3) is 0. The van der Waals surface area contributed by atoms with Gasteiger partial charge in [-0.1, -0.05) is 42.5 Å². The maximum atomic E-state index is 12.4. The Morgan fingerprint density at radius 2 is 1.59 bits per heavy atom. The van der Waals surface area contributed by atoms with E-state index in [1.54, 1.807) is 30.3 Å². The smallest absolute Gasteiger partial charge is 0.344 e. The molecule has 3 aromatic rings. The molecule has 0 bridgehead atoms. The lowest BCUT2D eigenvalue weighted by atomic mass is 10.0. The SMILES string of the molecule is O=C(Cl)c1cccc(OC(=O)c2cccc3ccccc23)c1. The number of benzene rings is 3. The first kappa shape index (κ1) is 14.3. The first-order valence-electron chi connectivity index (χ1n) is 6.65. The highest BCUT2D eigenvalue weighted by Gasteiger charge is 2.13. The van der Waals surface area contributed by atoms with Crippen molar-refractivity contribution >= 4 is 33.6 Å². The molecule has 0 unspecified atom stereocenters. The molecule has 0 saturated heterocycles. The van der Waals surface area contributed by atoms with E-state index in [9.17, 15) is 9.59 Å². The molecule has 0 heterocycles. The number of ether oxygens (including phenoxy) is 1. The highest BCUT2D eigenvalue weighted by Crippen LogP contribution is 2.21. The second-order valence-corrected chi connectivity index (χ2v) is 5.06. The van der Waals surface area contributed by atoms with Crippen LogP contribution in [0.15, 0.2) is 66.7 Å². The van der Waals surface area contributed by atoms with Crippen molar-refractivity contribution in [3.8, 4) is 5.75 Å². The molecular formula is C18H11ClO3. The van der Waals surface area contributed by atoms with Crippen LogP contribution in [0.5, 0.6) is 5.75 Å². The molecule has 0 radical (unpaired) electrons. The van der Waals surface area contributed by atoms with Gasteiger partial charge in [0.1, 0.15) is 5.75 Å². The van der Waals surface area contributed by atoms with E-state index in [-0.39, 0.29) is 11.3 Å². The van der Waals surface area contributed by atoms with Gasteiger partial charge in [-0.05, 0) is 46.6 Å². The molecule has 3 aromatic carbocycles. The van der Waals surface area contributed by atoms with Crippen molar-refractivity contribution < 1.29 is 14.3 Å². The number of hydrogen-bond donors (Lipinski definition) is 0. The second kappa shape index (κ2) is 6.00. The predicted molar refractivity (Wildman–Crippen MR) is 85.5 cm³/mol. The number of carbonyl (C=O) groups is 2. The molecule has 0 N–H and O–H groups in total. The Morgan fingerprint density at radius 1 is 0.864 bits per heavy atom. The molecule has 4 heteroatoms. The van der Waals surface area contributed by atoms with Crippen LogP contribution in [-0.2, 0) is 0 Å². The first-order chi connectivity index (χ1) is 10.6. The van der Waals surface area contributed by atoms with E-state index < -0.39 is 11.2 Å². The van der Waals surface area contributed by atoms with Crippen molar-refractivity contribution in [2.24, 2.45) is 0 Å². The van der Waals surface area contributed by atoms with Crippen molar-refractivity contribution in [3.05, 3.63) is 77.9 Å². The third-order valence-electron chi connectivity index (χ3n) is 3.28. The average molecular weight is 311 g/mol. The van der Waals surface area contributed by atoms with E-state index in [1.807, 2.05) is 30.3 Å². The number of fused-ring (bicyclic) bond motifs is 1.